The zero-order valence-corrected chi connectivity index (χ0v) is 14.3. The van der Waals surface area contributed by atoms with E-state index in [0.29, 0.717) is 6.54 Å². The van der Waals surface area contributed by atoms with E-state index in [0.717, 1.165) is 36.2 Å². The van der Waals surface area contributed by atoms with Crippen molar-refractivity contribution < 1.29 is 9.59 Å². The molecule has 3 heterocycles. The van der Waals surface area contributed by atoms with Crippen molar-refractivity contribution in [3.05, 3.63) is 47.8 Å². The molecule has 25 heavy (non-hydrogen) atoms. The average molecular weight is 338 g/mol. The largest absolute Gasteiger partial charge is 0.338 e. The van der Waals surface area contributed by atoms with Gasteiger partial charge >= 0.3 is 0 Å². The Hall–Kier alpha value is -2.63. The van der Waals surface area contributed by atoms with Crippen molar-refractivity contribution in [1.82, 2.24) is 14.7 Å². The van der Waals surface area contributed by atoms with Crippen molar-refractivity contribution in [3.8, 4) is 0 Å². The zero-order valence-electron chi connectivity index (χ0n) is 14.3. The number of hydrogen-bond acceptors (Lipinski definition) is 3. The third-order valence-electron chi connectivity index (χ3n) is 5.15. The number of aromatic nitrogens is 2. The van der Waals surface area contributed by atoms with Crippen molar-refractivity contribution in [2.24, 2.45) is 0 Å². The van der Waals surface area contributed by atoms with Gasteiger partial charge in [0.15, 0.2) is 0 Å². The van der Waals surface area contributed by atoms with Crippen LogP contribution >= 0.6 is 0 Å². The van der Waals surface area contributed by atoms with E-state index in [2.05, 4.69) is 10.4 Å². The van der Waals surface area contributed by atoms with E-state index >= 15 is 0 Å². The van der Waals surface area contributed by atoms with E-state index in [1.165, 1.54) is 0 Å². The molecule has 6 nitrogen and oxygen atoms in total. The molecule has 2 atom stereocenters. The number of nitrogens with one attached hydrogen (secondary N) is 1. The normalized spacial score (nSPS) is 22.1. The first-order valence-corrected chi connectivity index (χ1v) is 8.80. The van der Waals surface area contributed by atoms with Gasteiger partial charge in [0.2, 0.25) is 11.8 Å². The Kier molecular flexibility index (Phi) is 4.03. The van der Waals surface area contributed by atoms with E-state index in [1.54, 1.807) is 0 Å². The fourth-order valence-corrected chi connectivity index (χ4v) is 3.91. The molecule has 0 saturated carbocycles. The standard InChI is InChI=1S/C19H22N4O2/c1-13-10-20-22(11-13)12-14-5-4-8-23(14)18(24)9-16-15-6-2-3-7-17(15)21-19(16)25/h2-3,6-7,10-11,14,16H,4-5,8-9,12H2,1H3,(H,21,25)/t14-,16+/m1/s1. The van der Waals surface area contributed by atoms with Gasteiger partial charge in [0, 0.05) is 24.8 Å². The van der Waals surface area contributed by atoms with Gasteiger partial charge in [0.25, 0.3) is 0 Å². The van der Waals surface area contributed by atoms with Crippen LogP contribution < -0.4 is 5.32 Å². The van der Waals surface area contributed by atoms with Gasteiger partial charge in [-0.3, -0.25) is 14.3 Å². The summed E-state index contributed by atoms with van der Waals surface area (Å²) >= 11 is 0. The van der Waals surface area contributed by atoms with Gasteiger partial charge in [-0.1, -0.05) is 18.2 Å². The average Bonchev–Trinajstić information content (AvgIpc) is 3.29. The Morgan fingerprint density at radius 3 is 3.00 bits per heavy atom. The van der Waals surface area contributed by atoms with Crippen molar-refractivity contribution in [1.29, 1.82) is 0 Å². The number of carbonyl (C=O) groups excluding carboxylic acids is 2. The van der Waals surface area contributed by atoms with Crippen LogP contribution in [0.25, 0.3) is 0 Å². The molecular weight excluding hydrogens is 316 g/mol. The smallest absolute Gasteiger partial charge is 0.232 e. The Bertz CT molecular complexity index is 813. The summed E-state index contributed by atoms with van der Waals surface area (Å²) in [6.45, 7) is 3.49. The second-order valence-electron chi connectivity index (χ2n) is 6.96. The van der Waals surface area contributed by atoms with Gasteiger partial charge in [0.05, 0.1) is 24.7 Å². The van der Waals surface area contributed by atoms with Gasteiger partial charge in [0.1, 0.15) is 0 Å². The molecule has 0 bridgehead atoms. The van der Waals surface area contributed by atoms with E-state index in [-0.39, 0.29) is 30.2 Å². The van der Waals surface area contributed by atoms with E-state index < -0.39 is 0 Å². The lowest BCUT2D eigenvalue weighted by Crippen LogP contribution is -2.39. The molecule has 0 spiro atoms. The maximum atomic E-state index is 12.9. The first-order chi connectivity index (χ1) is 12.1. The van der Waals surface area contributed by atoms with E-state index in [1.807, 2.05) is 53.2 Å². The van der Waals surface area contributed by atoms with Crippen LogP contribution in [0.4, 0.5) is 5.69 Å². The fraction of sp³-hybridized carbons (Fsp3) is 0.421. The van der Waals surface area contributed by atoms with Gasteiger partial charge in [-0.05, 0) is 37.0 Å². The summed E-state index contributed by atoms with van der Waals surface area (Å²) in [5, 5.41) is 7.21. The summed E-state index contributed by atoms with van der Waals surface area (Å²) in [5.74, 6) is -0.395. The molecule has 2 aromatic rings. The number of benzene rings is 1. The quantitative estimate of drug-likeness (QED) is 0.930. The second-order valence-corrected chi connectivity index (χ2v) is 6.96. The van der Waals surface area contributed by atoms with Crippen LogP contribution in [0.1, 0.15) is 36.3 Å². The first kappa shape index (κ1) is 15.9. The zero-order chi connectivity index (χ0) is 17.4. The van der Waals surface area contributed by atoms with Crippen LogP contribution in [-0.4, -0.2) is 39.1 Å². The van der Waals surface area contributed by atoms with Gasteiger partial charge < -0.3 is 10.2 Å². The maximum Gasteiger partial charge on any atom is 0.232 e. The summed E-state index contributed by atoms with van der Waals surface area (Å²) < 4.78 is 1.91. The fourth-order valence-electron chi connectivity index (χ4n) is 3.91. The second kappa shape index (κ2) is 6.35. The highest BCUT2D eigenvalue weighted by molar-refractivity contribution is 6.04. The van der Waals surface area contributed by atoms with Crippen molar-refractivity contribution in [2.75, 3.05) is 11.9 Å². The molecule has 0 unspecified atom stereocenters. The molecular formula is C19H22N4O2. The SMILES string of the molecule is Cc1cnn(C[C@H]2CCCN2C(=O)C[C@@H]2C(=O)Nc3ccccc32)c1. The Balaban J connectivity index is 1.46. The monoisotopic (exact) mass is 338 g/mol. The number of hydrogen-bond donors (Lipinski definition) is 1. The lowest BCUT2D eigenvalue weighted by Gasteiger charge is -2.25. The third kappa shape index (κ3) is 3.04. The lowest BCUT2D eigenvalue weighted by atomic mass is 9.96. The first-order valence-electron chi connectivity index (χ1n) is 8.80. The molecule has 1 saturated heterocycles. The number of fused-ring (bicyclic) bond motifs is 1. The van der Waals surface area contributed by atoms with Crippen LogP contribution in [0.3, 0.4) is 0 Å². The number of para-hydroxylation sites is 1. The van der Waals surface area contributed by atoms with Crippen LogP contribution in [-0.2, 0) is 16.1 Å². The van der Waals surface area contributed by atoms with Crippen LogP contribution in [0.5, 0.6) is 0 Å². The Morgan fingerprint density at radius 2 is 2.20 bits per heavy atom. The van der Waals surface area contributed by atoms with Crippen molar-refractivity contribution in [3.63, 3.8) is 0 Å². The molecule has 6 heteroatoms. The minimum absolute atomic E-state index is 0.0585. The van der Waals surface area contributed by atoms with Crippen molar-refractivity contribution >= 4 is 17.5 Å². The van der Waals surface area contributed by atoms with E-state index in [9.17, 15) is 9.59 Å². The highest BCUT2D eigenvalue weighted by Gasteiger charge is 2.36. The van der Waals surface area contributed by atoms with E-state index in [4.69, 9.17) is 0 Å². The van der Waals surface area contributed by atoms with Crippen LogP contribution in [0.15, 0.2) is 36.7 Å². The molecule has 1 aromatic heterocycles. The number of aryl methyl sites for hydroxylation is 1. The highest BCUT2D eigenvalue weighted by Crippen LogP contribution is 2.35. The number of anilines is 1. The molecule has 1 aromatic carbocycles. The summed E-state index contributed by atoms with van der Waals surface area (Å²) in [5.41, 5.74) is 2.88. The van der Waals surface area contributed by atoms with Crippen LogP contribution in [0, 0.1) is 6.92 Å². The predicted octanol–water partition coefficient (Wildman–Crippen LogP) is 2.31. The number of rotatable bonds is 4. The minimum Gasteiger partial charge on any atom is -0.338 e. The molecule has 0 aliphatic carbocycles. The Labute approximate surface area is 146 Å². The van der Waals surface area contributed by atoms with Crippen LogP contribution in [0.2, 0.25) is 0 Å². The highest BCUT2D eigenvalue weighted by atomic mass is 16.2. The molecule has 4 rings (SSSR count). The minimum atomic E-state index is -0.378. The van der Waals surface area contributed by atoms with Gasteiger partial charge in [-0.25, -0.2) is 0 Å². The summed E-state index contributed by atoms with van der Waals surface area (Å²) in [6, 6.07) is 7.78. The van der Waals surface area contributed by atoms with Gasteiger partial charge in [-0.2, -0.15) is 5.10 Å². The topological polar surface area (TPSA) is 67.2 Å². The number of carbonyl (C=O) groups is 2. The summed E-state index contributed by atoms with van der Waals surface area (Å²) in [7, 11) is 0. The number of nitrogens with zero attached hydrogens (tertiary/aromatic N) is 3. The molecule has 0 radical (unpaired) electrons. The molecule has 1 N–H and O–H groups in total. The molecule has 1 fully saturated rings. The van der Waals surface area contributed by atoms with Gasteiger partial charge in [-0.15, -0.1) is 0 Å². The molecule has 130 valence electrons. The number of amides is 2. The van der Waals surface area contributed by atoms with Crippen molar-refractivity contribution in [2.45, 2.75) is 44.7 Å². The third-order valence-corrected chi connectivity index (χ3v) is 5.15. The number of likely N-dealkylation sites (tertiary alicyclic amines) is 1. The Morgan fingerprint density at radius 1 is 1.36 bits per heavy atom. The maximum absolute atomic E-state index is 12.9. The molecule has 2 aliphatic heterocycles. The summed E-state index contributed by atoms with van der Waals surface area (Å²) in [6.07, 6.45) is 6.06. The summed E-state index contributed by atoms with van der Waals surface area (Å²) in [4.78, 5) is 27.1. The molecule has 2 aliphatic rings. The molecule has 2 amide bonds. The lowest BCUT2D eigenvalue weighted by molar-refractivity contribution is -0.134. The predicted molar refractivity (Wildman–Crippen MR) is 94.1 cm³/mol.